The Labute approximate surface area is 814 Å². The monoisotopic (exact) mass is 1930 g/mol. The zero-order chi connectivity index (χ0) is 101. The molecule has 0 saturated carbocycles. The lowest BCUT2D eigenvalue weighted by molar-refractivity contribution is -0.191. The molecule has 0 unspecified atom stereocenters. The smallest absolute Gasteiger partial charge is 0.494 e. The average Bonchev–Trinajstić information content (AvgIpc) is 0.831. The Morgan fingerprint density at radius 2 is 0.507 bits per heavy atom. The molecule has 1 fully saturated rings. The van der Waals surface area contributed by atoms with Crippen molar-refractivity contribution in [1.82, 2.24) is 0 Å². The number of aryl methyl sites for hydroxylation is 4. The van der Waals surface area contributed by atoms with Gasteiger partial charge >= 0.3 is 72.0 Å². The first-order valence-electron chi connectivity index (χ1n) is 45.7. The van der Waals surface area contributed by atoms with E-state index in [1.54, 1.807) is 133 Å². The van der Waals surface area contributed by atoms with Gasteiger partial charge in [-0.25, -0.2) is 57.5 Å². The van der Waals surface area contributed by atoms with Crippen molar-refractivity contribution >= 4 is 72.0 Å². The quantitative estimate of drug-likeness (QED) is 0.00853. The zero-order valence-electron chi connectivity index (χ0n) is 79.3. The molecule has 0 aromatic heterocycles. The van der Waals surface area contributed by atoms with Crippen LogP contribution in [-0.4, -0.2) is 165 Å². The Bertz CT molecular complexity index is 5070. The maximum absolute atomic E-state index is 12.9. The van der Waals surface area contributed by atoms with Gasteiger partial charge in [-0.1, -0.05) is 63.7 Å². The number of esters is 10. The lowest BCUT2D eigenvalue weighted by Crippen LogP contribution is -2.25. The van der Waals surface area contributed by atoms with E-state index in [0.717, 1.165) is 121 Å². The van der Waals surface area contributed by atoms with Gasteiger partial charge in [0, 0.05) is 47.9 Å². The Balaban J connectivity index is 0.000000286. The lowest BCUT2D eigenvalue weighted by atomic mass is 10.00. The van der Waals surface area contributed by atoms with Gasteiger partial charge in [0.1, 0.15) is 57.5 Å². The van der Waals surface area contributed by atoms with Gasteiger partial charge in [-0.3, -0.25) is 0 Å². The van der Waals surface area contributed by atoms with Crippen LogP contribution in [0.4, 0.5) is 9.59 Å². The highest BCUT2D eigenvalue weighted by molar-refractivity contribution is 5.95. The Morgan fingerprint density at radius 1 is 0.257 bits per heavy atom. The second-order valence-electron chi connectivity index (χ2n) is 30.9. The average molecular weight is 1930 g/mol. The summed E-state index contributed by atoms with van der Waals surface area (Å²) in [4.78, 5) is 141. The van der Waals surface area contributed by atoms with Gasteiger partial charge in [0.2, 0.25) is 0 Å². The Kier molecular flexibility index (Phi) is 50.8. The zero-order valence-corrected chi connectivity index (χ0v) is 79.3. The van der Waals surface area contributed by atoms with Crippen LogP contribution in [-0.2, 0) is 76.1 Å². The van der Waals surface area contributed by atoms with Crippen LogP contribution in [0.5, 0.6) is 57.5 Å². The second kappa shape index (κ2) is 63.8. The van der Waals surface area contributed by atoms with E-state index < -0.39 is 78.3 Å². The summed E-state index contributed by atoms with van der Waals surface area (Å²) in [6.45, 7) is 32.2. The molecule has 0 spiro atoms. The molecule has 9 rings (SSSR count). The van der Waals surface area contributed by atoms with Gasteiger partial charge in [0.15, 0.2) is 6.29 Å². The lowest BCUT2D eigenvalue weighted by Gasteiger charge is -2.30. The van der Waals surface area contributed by atoms with Crippen LogP contribution in [0, 0.1) is 27.7 Å². The van der Waals surface area contributed by atoms with Crippen LogP contribution in [0.2, 0.25) is 0 Å². The van der Waals surface area contributed by atoms with Gasteiger partial charge in [0.25, 0.3) is 0 Å². The van der Waals surface area contributed by atoms with E-state index in [-0.39, 0.29) is 43.8 Å². The van der Waals surface area contributed by atoms with E-state index >= 15 is 0 Å². The predicted molar refractivity (Wildman–Crippen MR) is 514 cm³/mol. The summed E-state index contributed by atoms with van der Waals surface area (Å²) >= 11 is 0. The molecule has 0 bridgehead atoms. The van der Waals surface area contributed by atoms with Crippen LogP contribution in [0.15, 0.2) is 246 Å². The van der Waals surface area contributed by atoms with Gasteiger partial charge in [0.05, 0.1) is 115 Å². The maximum Gasteiger partial charge on any atom is 0.513 e. The summed E-state index contributed by atoms with van der Waals surface area (Å²) < 4.78 is 107. The fraction of sp³-hybridized carbons (Fsp3) is 0.333. The molecule has 140 heavy (non-hydrogen) atoms. The summed E-state index contributed by atoms with van der Waals surface area (Å²) in [5.74, 6) is -0.374. The molecule has 8 aromatic carbocycles. The van der Waals surface area contributed by atoms with Crippen molar-refractivity contribution in [3.63, 3.8) is 0 Å². The molecular weight excluding hydrogens is 1810 g/mol. The molecule has 744 valence electrons. The summed E-state index contributed by atoms with van der Waals surface area (Å²) in [5.41, 5.74) is 6.23. The van der Waals surface area contributed by atoms with Crippen LogP contribution < -0.4 is 47.4 Å². The third-order valence-corrected chi connectivity index (χ3v) is 20.1. The van der Waals surface area contributed by atoms with Crippen molar-refractivity contribution in [1.29, 1.82) is 0 Å². The molecule has 1 saturated heterocycles. The van der Waals surface area contributed by atoms with Crippen molar-refractivity contribution in [2.24, 2.45) is 0 Å². The molecule has 0 radical (unpaired) electrons. The van der Waals surface area contributed by atoms with Crippen molar-refractivity contribution < 1.29 is 152 Å². The van der Waals surface area contributed by atoms with E-state index in [4.69, 9.17) is 94.7 Å². The summed E-state index contributed by atoms with van der Waals surface area (Å²) in [6.07, 6.45) is 16.4. The van der Waals surface area contributed by atoms with Crippen molar-refractivity contribution in [2.75, 3.05) is 92.5 Å². The highest BCUT2D eigenvalue weighted by Crippen LogP contribution is 2.34. The molecule has 0 aliphatic carbocycles. The van der Waals surface area contributed by atoms with E-state index in [9.17, 15) is 57.5 Å². The Hall–Kier alpha value is -15.4. The third kappa shape index (κ3) is 43.3. The van der Waals surface area contributed by atoms with Crippen molar-refractivity contribution in [2.45, 2.75) is 143 Å². The molecule has 0 amide bonds. The number of carbonyl (C=O) groups excluding carboxylic acids is 12. The minimum absolute atomic E-state index is 0.0196. The van der Waals surface area contributed by atoms with E-state index in [1.165, 1.54) is 24.3 Å². The first kappa shape index (κ1) is 112. The molecule has 8 aromatic rings. The van der Waals surface area contributed by atoms with Crippen LogP contribution >= 0.6 is 0 Å². The van der Waals surface area contributed by atoms with Crippen molar-refractivity contribution in [3.05, 3.63) is 301 Å². The molecule has 1 aliphatic heterocycles. The highest BCUT2D eigenvalue weighted by atomic mass is 16.7. The second-order valence-corrected chi connectivity index (χ2v) is 30.9. The van der Waals surface area contributed by atoms with Crippen LogP contribution in [0.25, 0.3) is 0 Å². The summed E-state index contributed by atoms with van der Waals surface area (Å²) in [7, 11) is 0. The topological polar surface area (TPSA) is 389 Å². The standard InChI is InChI=1S/C40H46O10.C36H38O10.C32H36O12/c1-5-37(41)47-25-13-9-7-11-23-45-33-19-21-35(29(3)27-33)39(43)49-31-15-17-32(18-16-31)50-40(44)36-22-20-34(28-30(36)4)46-24-12-8-10-14-26-48-38(42)6-2;1-5-33(37)43-21-9-7-19-41-31-17-11-27(23-25(31)3)35(39)45-29-13-15-30(16-14-29)46-36(40)28-12-18-32(26(4)24-28)42-20-8-10-22-44-34(38)6-2;1-3-28(33)37-17-5-7-19-39-31(35)43-26-13-9-23(10-14-26)25-21-41-30(42-22-25)24-11-15-27(16-12-24)44-32(36)40-20-8-6-18-38-29(34)4-2/h5-6,15-22,27-28H,1-2,7-14,23-26H2,3-4H3;5-6,11-18,23-24H,1-2,7-10,19-22H2,3-4H3;3-4,9-16,25,30H,1-2,5-8,17-22H2. The third-order valence-electron chi connectivity index (χ3n) is 20.1. The number of rotatable bonds is 56. The molecular formula is C108H120O32. The first-order chi connectivity index (χ1) is 67.8. The molecule has 0 N–H and O–H groups in total. The number of unbranched alkanes of at least 4 members (excludes halogenated alkanes) is 10. The van der Waals surface area contributed by atoms with Gasteiger partial charge in [-0.2, -0.15) is 0 Å². The maximum atomic E-state index is 12.9. The normalized spacial score (nSPS) is 12.1. The molecule has 1 heterocycles. The number of benzene rings is 8. The molecule has 32 nitrogen and oxygen atoms in total. The summed E-state index contributed by atoms with van der Waals surface area (Å²) in [5, 5.41) is 0. The van der Waals surface area contributed by atoms with Crippen molar-refractivity contribution in [3.8, 4) is 57.5 Å². The highest BCUT2D eigenvalue weighted by Gasteiger charge is 2.27. The van der Waals surface area contributed by atoms with Gasteiger partial charge < -0.3 is 94.7 Å². The molecule has 0 atom stereocenters. The van der Waals surface area contributed by atoms with Gasteiger partial charge in [-0.15, -0.1) is 0 Å². The number of ether oxygens (including phenoxy) is 20. The largest absolute Gasteiger partial charge is 0.513 e. The van der Waals surface area contributed by atoms with E-state index in [1.807, 2.05) is 39.8 Å². The number of hydrogen-bond donors (Lipinski definition) is 0. The fourth-order valence-corrected chi connectivity index (χ4v) is 12.6. The van der Waals surface area contributed by atoms with E-state index in [0.29, 0.717) is 186 Å². The Morgan fingerprint density at radius 3 is 0.807 bits per heavy atom. The summed E-state index contributed by atoms with van der Waals surface area (Å²) in [6, 6.07) is 46.6. The molecule has 1 aliphatic rings. The minimum Gasteiger partial charge on any atom is -0.494 e. The minimum atomic E-state index is -0.831. The SMILES string of the molecule is C=CC(=O)OCCCCCCOc1ccc(C(=O)Oc2ccc(OC(=O)c3ccc(OCCCCCCOC(=O)C=C)cc3C)cc2)c(C)c1.C=CC(=O)OCCCCOC(=O)Oc1ccc(C2COC(c3ccc(OC(=O)OCCCCOC(=O)C=C)cc3)OC2)cc1.C=CC(=O)OCCCCOc1ccc(C(=O)Oc2ccc(OC(=O)c3ccc(OCCCCOC(=O)C=C)c(C)c3)cc2)cc1C. The fourth-order valence-electron chi connectivity index (χ4n) is 12.6. The number of hydrogen-bond acceptors (Lipinski definition) is 32. The number of carbonyl (C=O) groups is 12. The first-order valence-corrected chi connectivity index (χ1v) is 45.7. The predicted octanol–water partition coefficient (Wildman–Crippen LogP) is 20.2. The van der Waals surface area contributed by atoms with Gasteiger partial charge in [-0.05, 0) is 304 Å². The van der Waals surface area contributed by atoms with Crippen LogP contribution in [0.3, 0.4) is 0 Å². The van der Waals surface area contributed by atoms with Crippen LogP contribution in [0.1, 0.15) is 190 Å². The van der Waals surface area contributed by atoms with E-state index in [2.05, 4.69) is 39.5 Å². The molecule has 32 heteroatoms.